The summed E-state index contributed by atoms with van der Waals surface area (Å²) in [6, 6.07) is 56.3. The van der Waals surface area contributed by atoms with Crippen LogP contribution in [0.15, 0.2) is 146 Å². The molecule has 0 aromatic heterocycles. The van der Waals surface area contributed by atoms with Crippen LogP contribution in [0.4, 0.5) is 34.1 Å². The number of benzene rings is 8. The number of anilines is 6. The first-order chi connectivity index (χ1) is 29.3. The first-order valence-electron chi connectivity index (χ1n) is 21.7. The predicted octanol–water partition coefficient (Wildman–Crippen LogP) is 16.1. The Balaban J connectivity index is 1.28. The minimum absolute atomic E-state index is 0.546. The van der Waals surface area contributed by atoms with Crippen molar-refractivity contribution in [3.8, 4) is 22.3 Å². The van der Waals surface area contributed by atoms with Gasteiger partial charge >= 0.3 is 0 Å². The second-order valence-electron chi connectivity index (χ2n) is 18.1. The SMILES string of the molecule is Cc1ccc2c(c1)C1(c3cc(C)ccc3-2)c2cc(N(c3ccc(C)c(C)c3)c3ccc(C)c(C)c3)ccc2-c2ccc(N(c3ccc(C)c(C)c3)c3ccc(C)c(C)c3)cc21. The van der Waals surface area contributed by atoms with Crippen molar-refractivity contribution in [3.63, 3.8) is 0 Å². The van der Waals surface area contributed by atoms with E-state index >= 15 is 0 Å². The highest BCUT2D eigenvalue weighted by Crippen LogP contribution is 2.64. The van der Waals surface area contributed by atoms with Gasteiger partial charge in [0.05, 0.1) is 5.41 Å². The molecule has 8 aromatic carbocycles. The van der Waals surface area contributed by atoms with Gasteiger partial charge in [0.15, 0.2) is 0 Å². The fraction of sp³-hybridized carbons (Fsp3) is 0.186. The van der Waals surface area contributed by atoms with Gasteiger partial charge in [-0.2, -0.15) is 0 Å². The van der Waals surface area contributed by atoms with E-state index in [4.69, 9.17) is 0 Å². The van der Waals surface area contributed by atoms with Gasteiger partial charge in [0.2, 0.25) is 0 Å². The van der Waals surface area contributed by atoms with Gasteiger partial charge in [0.25, 0.3) is 0 Å². The van der Waals surface area contributed by atoms with Crippen molar-refractivity contribution in [2.24, 2.45) is 0 Å². The molecule has 0 unspecified atom stereocenters. The molecule has 0 N–H and O–H groups in total. The van der Waals surface area contributed by atoms with E-state index in [9.17, 15) is 0 Å². The van der Waals surface area contributed by atoms with Crippen LogP contribution < -0.4 is 9.80 Å². The summed E-state index contributed by atoms with van der Waals surface area (Å²) in [7, 11) is 0. The minimum atomic E-state index is -0.546. The van der Waals surface area contributed by atoms with E-state index in [0.29, 0.717) is 0 Å². The van der Waals surface area contributed by atoms with Crippen molar-refractivity contribution in [1.82, 2.24) is 0 Å². The highest BCUT2D eigenvalue weighted by Gasteiger charge is 2.52. The monoisotopic (exact) mass is 790 g/mol. The number of fused-ring (bicyclic) bond motifs is 10. The quantitative estimate of drug-likeness (QED) is 0.166. The van der Waals surface area contributed by atoms with Crippen LogP contribution in [0.25, 0.3) is 22.3 Å². The molecule has 61 heavy (non-hydrogen) atoms. The van der Waals surface area contributed by atoms with Gasteiger partial charge < -0.3 is 9.80 Å². The highest BCUT2D eigenvalue weighted by atomic mass is 15.1. The maximum atomic E-state index is 2.52. The van der Waals surface area contributed by atoms with Gasteiger partial charge in [-0.05, 0) is 231 Å². The van der Waals surface area contributed by atoms with Crippen LogP contribution in [0.3, 0.4) is 0 Å². The normalized spacial score (nSPS) is 12.9. The van der Waals surface area contributed by atoms with Gasteiger partial charge in [-0.1, -0.05) is 83.9 Å². The summed E-state index contributed by atoms with van der Waals surface area (Å²) in [4.78, 5) is 4.93. The fourth-order valence-electron chi connectivity index (χ4n) is 10.1. The van der Waals surface area contributed by atoms with Gasteiger partial charge in [0, 0.05) is 34.1 Å². The van der Waals surface area contributed by atoms with Gasteiger partial charge in [-0.15, -0.1) is 0 Å². The molecule has 0 radical (unpaired) electrons. The molecular weight excluding hydrogens is 737 g/mol. The number of rotatable bonds is 6. The first kappa shape index (κ1) is 38.6. The molecule has 2 aliphatic carbocycles. The van der Waals surface area contributed by atoms with Crippen molar-refractivity contribution in [2.45, 2.75) is 74.7 Å². The Kier molecular flexibility index (Phi) is 9.00. The molecule has 1 spiro atoms. The van der Waals surface area contributed by atoms with Crippen LogP contribution in [0, 0.1) is 69.2 Å². The molecule has 0 atom stereocenters. The number of hydrogen-bond acceptors (Lipinski definition) is 2. The Bertz CT molecular complexity index is 2790. The van der Waals surface area contributed by atoms with Crippen LogP contribution in [0.1, 0.15) is 77.9 Å². The Morgan fingerprint density at radius 3 is 0.787 bits per heavy atom. The van der Waals surface area contributed by atoms with Crippen LogP contribution in [0.2, 0.25) is 0 Å². The third-order valence-corrected chi connectivity index (χ3v) is 14.1. The molecule has 0 saturated carbocycles. The molecule has 2 nitrogen and oxygen atoms in total. The molecule has 300 valence electrons. The van der Waals surface area contributed by atoms with Crippen molar-refractivity contribution < 1.29 is 0 Å². The Hall–Kier alpha value is -6.64. The lowest BCUT2D eigenvalue weighted by Gasteiger charge is -2.34. The Morgan fingerprint density at radius 1 is 0.246 bits per heavy atom. The molecule has 0 amide bonds. The molecular formula is C59H54N2. The summed E-state index contributed by atoms with van der Waals surface area (Å²) >= 11 is 0. The molecule has 2 heteroatoms. The molecule has 2 aliphatic rings. The van der Waals surface area contributed by atoms with Gasteiger partial charge in [-0.25, -0.2) is 0 Å². The van der Waals surface area contributed by atoms with Crippen molar-refractivity contribution >= 4 is 34.1 Å². The summed E-state index contributed by atoms with van der Waals surface area (Å²) in [6.45, 7) is 22.2. The minimum Gasteiger partial charge on any atom is -0.310 e. The lowest BCUT2D eigenvalue weighted by atomic mass is 9.70. The molecule has 0 heterocycles. The summed E-state index contributed by atoms with van der Waals surface area (Å²) in [5.74, 6) is 0. The maximum Gasteiger partial charge on any atom is 0.0727 e. The summed E-state index contributed by atoms with van der Waals surface area (Å²) in [6.07, 6.45) is 0. The van der Waals surface area contributed by atoms with Crippen LogP contribution in [-0.4, -0.2) is 0 Å². The summed E-state index contributed by atoms with van der Waals surface area (Å²) < 4.78 is 0. The van der Waals surface area contributed by atoms with Crippen molar-refractivity contribution in [1.29, 1.82) is 0 Å². The van der Waals surface area contributed by atoms with E-state index in [2.05, 4.69) is 225 Å². The van der Waals surface area contributed by atoms with E-state index < -0.39 is 5.41 Å². The number of aryl methyl sites for hydroxylation is 10. The largest absolute Gasteiger partial charge is 0.310 e. The van der Waals surface area contributed by atoms with Crippen LogP contribution in [-0.2, 0) is 5.41 Å². The van der Waals surface area contributed by atoms with Crippen molar-refractivity contribution in [3.05, 3.63) is 223 Å². The Morgan fingerprint density at radius 2 is 0.492 bits per heavy atom. The Labute approximate surface area is 362 Å². The standard InChI is InChI=1S/C59H54N2/c1-35-11-23-51-52-24-12-36(2)28-56(52)59(55(51)27-35)57-33-49(60(45-17-13-37(3)41(7)29-45)46-18-14-38(4)42(8)30-46)21-25-53(57)54-26-22-50(34-58(54)59)61(47-19-15-39(5)43(9)31-47)48-20-16-40(6)44(10)32-48/h11-34H,1-10H3. The maximum absolute atomic E-state index is 2.52. The van der Waals surface area contributed by atoms with Gasteiger partial charge in [0.1, 0.15) is 0 Å². The zero-order chi connectivity index (χ0) is 42.5. The smallest absolute Gasteiger partial charge is 0.0727 e. The summed E-state index contributed by atoms with van der Waals surface area (Å²) in [5.41, 5.74) is 29.8. The van der Waals surface area contributed by atoms with E-state index in [1.54, 1.807) is 0 Å². The lowest BCUT2D eigenvalue weighted by molar-refractivity contribution is 0.791. The topological polar surface area (TPSA) is 6.48 Å². The van der Waals surface area contributed by atoms with Gasteiger partial charge in [-0.3, -0.25) is 0 Å². The number of nitrogens with zero attached hydrogens (tertiary/aromatic N) is 2. The van der Waals surface area contributed by atoms with E-state index in [-0.39, 0.29) is 0 Å². The molecule has 0 fully saturated rings. The molecule has 0 bridgehead atoms. The third kappa shape index (κ3) is 5.98. The van der Waals surface area contributed by atoms with Crippen LogP contribution in [0.5, 0.6) is 0 Å². The lowest BCUT2D eigenvalue weighted by Crippen LogP contribution is -2.27. The second-order valence-corrected chi connectivity index (χ2v) is 18.1. The zero-order valence-electron chi connectivity index (χ0n) is 37.3. The second kappa shape index (κ2) is 14.2. The van der Waals surface area contributed by atoms with E-state index in [1.165, 1.54) is 100 Å². The molecule has 0 aliphatic heterocycles. The van der Waals surface area contributed by atoms with E-state index in [0.717, 1.165) is 34.1 Å². The molecule has 0 saturated heterocycles. The molecule has 10 rings (SSSR count). The highest BCUT2D eigenvalue weighted by molar-refractivity contribution is 5.98. The van der Waals surface area contributed by atoms with E-state index in [1.807, 2.05) is 0 Å². The van der Waals surface area contributed by atoms with Crippen molar-refractivity contribution in [2.75, 3.05) is 9.80 Å². The average molecular weight is 791 g/mol. The zero-order valence-corrected chi connectivity index (χ0v) is 37.3. The summed E-state index contributed by atoms with van der Waals surface area (Å²) in [5, 5.41) is 0. The fourth-order valence-corrected chi connectivity index (χ4v) is 10.1. The predicted molar refractivity (Wildman–Crippen MR) is 259 cm³/mol. The third-order valence-electron chi connectivity index (χ3n) is 14.1. The number of hydrogen-bond donors (Lipinski definition) is 0. The first-order valence-corrected chi connectivity index (χ1v) is 21.7. The average Bonchev–Trinajstić information content (AvgIpc) is 3.68. The van der Waals surface area contributed by atoms with Crippen LogP contribution >= 0.6 is 0 Å². The molecule has 8 aromatic rings.